The van der Waals surface area contributed by atoms with Gasteiger partial charge in [-0.2, -0.15) is 5.10 Å². The number of anilines is 1. The molecule has 1 aromatic carbocycles. The molecule has 0 spiro atoms. The molecule has 0 aliphatic carbocycles. The van der Waals surface area contributed by atoms with Gasteiger partial charge in [-0.05, 0) is 29.7 Å². The Balaban J connectivity index is 1.61. The summed E-state index contributed by atoms with van der Waals surface area (Å²) < 4.78 is 1.75. The fourth-order valence-electron chi connectivity index (χ4n) is 2.20. The Kier molecular flexibility index (Phi) is 3.96. The molecule has 3 rings (SSSR count). The topological polar surface area (TPSA) is 42.7 Å². The molecule has 2 aromatic heterocycles. The summed E-state index contributed by atoms with van der Waals surface area (Å²) >= 11 is 0. The average Bonchev–Trinajstić information content (AvgIpc) is 3.08. The predicted octanol–water partition coefficient (Wildman–Crippen LogP) is 3.48. The number of hydrogen-bond donors (Lipinski definition) is 1. The maximum Gasteiger partial charge on any atom is 0.153 e. The van der Waals surface area contributed by atoms with Crippen LogP contribution in [0.1, 0.15) is 18.4 Å². The molecule has 21 heavy (non-hydrogen) atoms. The van der Waals surface area contributed by atoms with E-state index >= 15 is 0 Å². The third-order valence-electron chi connectivity index (χ3n) is 3.47. The lowest BCUT2D eigenvalue weighted by molar-refractivity contribution is 0.803. The van der Waals surface area contributed by atoms with Crippen LogP contribution >= 0.6 is 0 Å². The van der Waals surface area contributed by atoms with Crippen molar-refractivity contribution in [2.45, 2.75) is 12.8 Å². The SMILES string of the molecule is CC(CNc1ccc(-n2cccn2)nc1)c1ccccc1. The van der Waals surface area contributed by atoms with E-state index in [-0.39, 0.29) is 0 Å². The zero-order valence-electron chi connectivity index (χ0n) is 12.0. The maximum absolute atomic E-state index is 4.41. The molecule has 1 atom stereocenters. The van der Waals surface area contributed by atoms with Crippen LogP contribution in [0.4, 0.5) is 5.69 Å². The number of pyridine rings is 1. The average molecular weight is 278 g/mol. The number of nitrogens with zero attached hydrogens (tertiary/aromatic N) is 3. The van der Waals surface area contributed by atoms with E-state index < -0.39 is 0 Å². The van der Waals surface area contributed by atoms with Gasteiger partial charge in [-0.3, -0.25) is 0 Å². The van der Waals surface area contributed by atoms with Crippen LogP contribution < -0.4 is 5.32 Å². The smallest absolute Gasteiger partial charge is 0.153 e. The quantitative estimate of drug-likeness (QED) is 0.777. The molecule has 4 nitrogen and oxygen atoms in total. The van der Waals surface area contributed by atoms with Crippen molar-refractivity contribution in [2.24, 2.45) is 0 Å². The molecule has 4 heteroatoms. The van der Waals surface area contributed by atoms with Crippen LogP contribution in [0.2, 0.25) is 0 Å². The Bertz CT molecular complexity index is 660. The lowest BCUT2D eigenvalue weighted by Crippen LogP contribution is -2.10. The first-order valence-corrected chi connectivity index (χ1v) is 7.08. The largest absolute Gasteiger partial charge is 0.383 e. The van der Waals surface area contributed by atoms with Gasteiger partial charge in [0.1, 0.15) is 0 Å². The van der Waals surface area contributed by atoms with Crippen LogP contribution in [0.25, 0.3) is 5.82 Å². The molecule has 0 bridgehead atoms. The van der Waals surface area contributed by atoms with E-state index in [0.717, 1.165) is 18.1 Å². The van der Waals surface area contributed by atoms with Crippen molar-refractivity contribution >= 4 is 5.69 Å². The van der Waals surface area contributed by atoms with Crippen LogP contribution in [0.15, 0.2) is 67.1 Å². The van der Waals surface area contributed by atoms with E-state index in [0.29, 0.717) is 5.92 Å². The summed E-state index contributed by atoms with van der Waals surface area (Å²) in [5.41, 5.74) is 2.36. The van der Waals surface area contributed by atoms with Gasteiger partial charge in [0.15, 0.2) is 5.82 Å². The first-order chi connectivity index (χ1) is 10.3. The zero-order chi connectivity index (χ0) is 14.5. The van der Waals surface area contributed by atoms with Gasteiger partial charge in [0.25, 0.3) is 0 Å². The van der Waals surface area contributed by atoms with Gasteiger partial charge in [0.05, 0.1) is 11.9 Å². The van der Waals surface area contributed by atoms with Gasteiger partial charge >= 0.3 is 0 Å². The molecule has 1 N–H and O–H groups in total. The second kappa shape index (κ2) is 6.22. The minimum absolute atomic E-state index is 0.456. The van der Waals surface area contributed by atoms with Crippen molar-refractivity contribution in [1.29, 1.82) is 0 Å². The van der Waals surface area contributed by atoms with Gasteiger partial charge < -0.3 is 5.32 Å². The first kappa shape index (κ1) is 13.4. The molecule has 0 aliphatic rings. The monoisotopic (exact) mass is 278 g/mol. The molecule has 0 radical (unpaired) electrons. The summed E-state index contributed by atoms with van der Waals surface area (Å²) in [7, 11) is 0. The van der Waals surface area contributed by atoms with Gasteiger partial charge in [0, 0.05) is 18.9 Å². The molecular formula is C17H18N4. The van der Waals surface area contributed by atoms with Crippen molar-refractivity contribution in [3.63, 3.8) is 0 Å². The summed E-state index contributed by atoms with van der Waals surface area (Å²) in [4.78, 5) is 4.41. The fourth-order valence-corrected chi connectivity index (χ4v) is 2.20. The molecule has 106 valence electrons. The van der Waals surface area contributed by atoms with Crippen LogP contribution in [0.3, 0.4) is 0 Å². The van der Waals surface area contributed by atoms with Crippen molar-refractivity contribution < 1.29 is 0 Å². The Morgan fingerprint density at radius 3 is 2.62 bits per heavy atom. The van der Waals surface area contributed by atoms with E-state index in [1.165, 1.54) is 5.56 Å². The minimum atomic E-state index is 0.456. The number of nitrogens with one attached hydrogen (secondary N) is 1. The molecule has 3 aromatic rings. The third kappa shape index (κ3) is 3.28. The number of aromatic nitrogens is 3. The second-order valence-electron chi connectivity index (χ2n) is 5.05. The number of hydrogen-bond acceptors (Lipinski definition) is 3. The van der Waals surface area contributed by atoms with E-state index in [4.69, 9.17) is 0 Å². The number of benzene rings is 1. The normalized spacial score (nSPS) is 12.0. The van der Waals surface area contributed by atoms with Crippen LogP contribution in [0.5, 0.6) is 0 Å². The van der Waals surface area contributed by atoms with Crippen molar-refractivity contribution in [3.05, 3.63) is 72.7 Å². The first-order valence-electron chi connectivity index (χ1n) is 7.08. The standard InChI is InChI=1S/C17H18N4/c1-14(15-6-3-2-4-7-15)12-18-16-8-9-17(19-13-16)21-11-5-10-20-21/h2-11,13-14,18H,12H2,1H3. The Hall–Kier alpha value is -2.62. The van der Waals surface area contributed by atoms with Gasteiger partial charge in [-0.25, -0.2) is 9.67 Å². The van der Waals surface area contributed by atoms with Gasteiger partial charge in [-0.15, -0.1) is 0 Å². The highest BCUT2D eigenvalue weighted by Crippen LogP contribution is 2.16. The van der Waals surface area contributed by atoms with Crippen LogP contribution in [-0.2, 0) is 0 Å². The molecule has 0 aliphatic heterocycles. The van der Waals surface area contributed by atoms with Crippen molar-refractivity contribution in [3.8, 4) is 5.82 Å². The minimum Gasteiger partial charge on any atom is -0.383 e. The molecule has 2 heterocycles. The van der Waals surface area contributed by atoms with Crippen LogP contribution in [-0.4, -0.2) is 21.3 Å². The second-order valence-corrected chi connectivity index (χ2v) is 5.05. The third-order valence-corrected chi connectivity index (χ3v) is 3.47. The molecule has 0 saturated heterocycles. The summed E-state index contributed by atoms with van der Waals surface area (Å²) in [5, 5.41) is 7.59. The molecule has 0 amide bonds. The molecule has 0 saturated carbocycles. The van der Waals surface area contributed by atoms with Crippen molar-refractivity contribution in [1.82, 2.24) is 14.8 Å². The zero-order valence-corrected chi connectivity index (χ0v) is 12.0. The van der Waals surface area contributed by atoms with Gasteiger partial charge in [-0.1, -0.05) is 37.3 Å². The van der Waals surface area contributed by atoms with E-state index in [1.54, 1.807) is 10.9 Å². The summed E-state index contributed by atoms with van der Waals surface area (Å²) in [6, 6.07) is 16.4. The van der Waals surface area contributed by atoms with Crippen molar-refractivity contribution in [2.75, 3.05) is 11.9 Å². The molecule has 1 unspecified atom stereocenters. The van der Waals surface area contributed by atoms with Gasteiger partial charge in [0.2, 0.25) is 0 Å². The Morgan fingerprint density at radius 2 is 1.95 bits per heavy atom. The van der Waals surface area contributed by atoms with E-state index in [1.807, 2.05) is 36.7 Å². The summed E-state index contributed by atoms with van der Waals surface area (Å²) in [6.45, 7) is 3.10. The predicted molar refractivity (Wildman–Crippen MR) is 84.7 cm³/mol. The Morgan fingerprint density at radius 1 is 1.10 bits per heavy atom. The fraction of sp³-hybridized carbons (Fsp3) is 0.176. The highest BCUT2D eigenvalue weighted by Gasteiger charge is 2.05. The van der Waals surface area contributed by atoms with Crippen LogP contribution in [0, 0.1) is 0 Å². The highest BCUT2D eigenvalue weighted by atomic mass is 15.3. The maximum atomic E-state index is 4.41. The summed E-state index contributed by atoms with van der Waals surface area (Å²) in [6.07, 6.45) is 5.47. The van der Waals surface area contributed by atoms with E-state index in [2.05, 4.69) is 46.6 Å². The summed E-state index contributed by atoms with van der Waals surface area (Å²) in [5.74, 6) is 1.28. The Labute approximate surface area is 124 Å². The number of rotatable bonds is 5. The van der Waals surface area contributed by atoms with E-state index in [9.17, 15) is 0 Å². The lowest BCUT2D eigenvalue weighted by atomic mass is 10.0. The molecular weight excluding hydrogens is 260 g/mol. The molecule has 0 fully saturated rings. The highest BCUT2D eigenvalue weighted by molar-refractivity contribution is 5.44. The lowest BCUT2D eigenvalue weighted by Gasteiger charge is -2.14.